The standard InChI is InChI=1S/C13H19NO/c1-10-4-6-11(7-5-10)12(9-14)13-3-2-8-15-13/h4-7,12-13H,2-3,8-9,14H2,1H3. The van der Waals surface area contributed by atoms with Crippen LogP contribution in [0.15, 0.2) is 24.3 Å². The second-order valence-corrected chi connectivity index (χ2v) is 4.30. The molecule has 2 atom stereocenters. The Hall–Kier alpha value is -0.860. The molecular weight excluding hydrogens is 186 g/mol. The number of hydrogen-bond acceptors (Lipinski definition) is 2. The highest BCUT2D eigenvalue weighted by atomic mass is 16.5. The van der Waals surface area contributed by atoms with Crippen molar-refractivity contribution in [1.82, 2.24) is 0 Å². The monoisotopic (exact) mass is 205 g/mol. The average Bonchev–Trinajstić information content (AvgIpc) is 2.75. The lowest BCUT2D eigenvalue weighted by Gasteiger charge is -2.21. The van der Waals surface area contributed by atoms with E-state index in [2.05, 4.69) is 31.2 Å². The molecule has 0 radical (unpaired) electrons. The average molecular weight is 205 g/mol. The first-order valence-corrected chi connectivity index (χ1v) is 5.69. The fourth-order valence-corrected chi connectivity index (χ4v) is 2.24. The fraction of sp³-hybridized carbons (Fsp3) is 0.538. The maximum atomic E-state index is 5.84. The fourth-order valence-electron chi connectivity index (χ4n) is 2.24. The predicted octanol–water partition coefficient (Wildman–Crippen LogP) is 2.22. The summed E-state index contributed by atoms with van der Waals surface area (Å²) >= 11 is 0. The summed E-state index contributed by atoms with van der Waals surface area (Å²) in [6, 6.07) is 8.64. The molecule has 1 aliphatic rings. The second-order valence-electron chi connectivity index (χ2n) is 4.30. The van der Waals surface area contributed by atoms with Crippen LogP contribution >= 0.6 is 0 Å². The van der Waals surface area contributed by atoms with Gasteiger partial charge in [-0.2, -0.15) is 0 Å². The zero-order chi connectivity index (χ0) is 10.7. The minimum absolute atomic E-state index is 0.331. The van der Waals surface area contributed by atoms with Gasteiger partial charge < -0.3 is 10.5 Å². The van der Waals surface area contributed by atoms with E-state index in [0.29, 0.717) is 18.6 Å². The molecule has 82 valence electrons. The molecule has 1 saturated heterocycles. The highest BCUT2D eigenvalue weighted by Crippen LogP contribution is 2.28. The second kappa shape index (κ2) is 4.77. The van der Waals surface area contributed by atoms with Crippen molar-refractivity contribution >= 4 is 0 Å². The van der Waals surface area contributed by atoms with Crippen LogP contribution in [0.1, 0.15) is 29.9 Å². The highest BCUT2D eigenvalue weighted by Gasteiger charge is 2.25. The molecule has 2 unspecified atom stereocenters. The Labute approximate surface area is 91.4 Å². The summed E-state index contributed by atoms with van der Waals surface area (Å²) in [7, 11) is 0. The zero-order valence-electron chi connectivity index (χ0n) is 9.28. The highest BCUT2D eigenvalue weighted by molar-refractivity contribution is 5.25. The number of benzene rings is 1. The van der Waals surface area contributed by atoms with Crippen LogP contribution in [-0.4, -0.2) is 19.3 Å². The summed E-state index contributed by atoms with van der Waals surface area (Å²) in [6.07, 6.45) is 2.65. The van der Waals surface area contributed by atoms with E-state index in [0.717, 1.165) is 13.0 Å². The van der Waals surface area contributed by atoms with Gasteiger partial charge in [0.25, 0.3) is 0 Å². The molecule has 2 heteroatoms. The van der Waals surface area contributed by atoms with Crippen molar-refractivity contribution in [2.75, 3.05) is 13.2 Å². The summed E-state index contributed by atoms with van der Waals surface area (Å²) in [5.41, 5.74) is 8.45. The predicted molar refractivity (Wildman–Crippen MR) is 61.9 cm³/mol. The van der Waals surface area contributed by atoms with Crippen LogP contribution in [0.25, 0.3) is 0 Å². The van der Waals surface area contributed by atoms with E-state index < -0.39 is 0 Å². The van der Waals surface area contributed by atoms with Crippen molar-refractivity contribution in [1.29, 1.82) is 0 Å². The van der Waals surface area contributed by atoms with E-state index in [1.54, 1.807) is 0 Å². The summed E-state index contributed by atoms with van der Waals surface area (Å²) in [5, 5.41) is 0. The molecule has 0 saturated carbocycles. The molecule has 0 bridgehead atoms. The Bertz CT molecular complexity index is 301. The van der Waals surface area contributed by atoms with Gasteiger partial charge in [0.15, 0.2) is 0 Å². The minimum Gasteiger partial charge on any atom is -0.378 e. The van der Waals surface area contributed by atoms with Gasteiger partial charge in [-0.05, 0) is 25.3 Å². The van der Waals surface area contributed by atoms with Crippen LogP contribution < -0.4 is 5.73 Å². The van der Waals surface area contributed by atoms with Crippen LogP contribution in [0.3, 0.4) is 0 Å². The largest absolute Gasteiger partial charge is 0.378 e. The van der Waals surface area contributed by atoms with E-state index in [1.807, 2.05) is 0 Å². The maximum absolute atomic E-state index is 5.84. The van der Waals surface area contributed by atoms with E-state index >= 15 is 0 Å². The first-order chi connectivity index (χ1) is 7.31. The Morgan fingerprint density at radius 3 is 2.67 bits per heavy atom. The van der Waals surface area contributed by atoms with E-state index in [1.165, 1.54) is 17.5 Å². The third-order valence-corrected chi connectivity index (χ3v) is 3.17. The van der Waals surface area contributed by atoms with Gasteiger partial charge in [-0.3, -0.25) is 0 Å². The summed E-state index contributed by atoms with van der Waals surface area (Å²) in [5.74, 6) is 0.369. The lowest BCUT2D eigenvalue weighted by atomic mass is 9.91. The van der Waals surface area contributed by atoms with Gasteiger partial charge in [0, 0.05) is 19.1 Å². The molecule has 0 aliphatic carbocycles. The van der Waals surface area contributed by atoms with Gasteiger partial charge in [0.05, 0.1) is 6.10 Å². The van der Waals surface area contributed by atoms with Crippen LogP contribution in [0, 0.1) is 6.92 Å². The molecule has 1 fully saturated rings. The van der Waals surface area contributed by atoms with Crippen LogP contribution in [0.5, 0.6) is 0 Å². The topological polar surface area (TPSA) is 35.2 Å². The Kier molecular flexibility index (Phi) is 3.39. The molecule has 0 amide bonds. The number of nitrogens with two attached hydrogens (primary N) is 1. The van der Waals surface area contributed by atoms with Gasteiger partial charge in [0.2, 0.25) is 0 Å². The molecule has 1 heterocycles. The SMILES string of the molecule is Cc1ccc(C(CN)C2CCCO2)cc1. The summed E-state index contributed by atoms with van der Waals surface area (Å²) in [6.45, 7) is 3.67. The van der Waals surface area contributed by atoms with Gasteiger partial charge in [0.1, 0.15) is 0 Å². The Balaban J connectivity index is 2.14. The van der Waals surface area contributed by atoms with Crippen molar-refractivity contribution in [3.05, 3.63) is 35.4 Å². The third-order valence-electron chi connectivity index (χ3n) is 3.17. The molecule has 2 nitrogen and oxygen atoms in total. The third kappa shape index (κ3) is 2.39. The molecule has 2 rings (SSSR count). The maximum Gasteiger partial charge on any atom is 0.0656 e. The zero-order valence-corrected chi connectivity index (χ0v) is 9.28. The quantitative estimate of drug-likeness (QED) is 0.821. The summed E-state index contributed by atoms with van der Waals surface area (Å²) in [4.78, 5) is 0. The van der Waals surface area contributed by atoms with E-state index in [-0.39, 0.29) is 0 Å². The van der Waals surface area contributed by atoms with Crippen molar-refractivity contribution in [2.24, 2.45) is 5.73 Å². The Morgan fingerprint density at radius 2 is 2.13 bits per heavy atom. The van der Waals surface area contributed by atoms with Gasteiger partial charge in [-0.15, -0.1) is 0 Å². The Morgan fingerprint density at radius 1 is 1.40 bits per heavy atom. The molecule has 1 aromatic rings. The van der Waals surface area contributed by atoms with Crippen LogP contribution in [0.2, 0.25) is 0 Å². The minimum atomic E-state index is 0.331. The molecule has 15 heavy (non-hydrogen) atoms. The molecule has 1 aliphatic heterocycles. The number of aryl methyl sites for hydroxylation is 1. The van der Waals surface area contributed by atoms with Crippen molar-refractivity contribution in [3.8, 4) is 0 Å². The van der Waals surface area contributed by atoms with Crippen molar-refractivity contribution < 1.29 is 4.74 Å². The molecule has 1 aromatic carbocycles. The van der Waals surface area contributed by atoms with E-state index in [4.69, 9.17) is 10.5 Å². The lowest BCUT2D eigenvalue weighted by molar-refractivity contribution is 0.0905. The van der Waals surface area contributed by atoms with Gasteiger partial charge >= 0.3 is 0 Å². The van der Waals surface area contributed by atoms with Crippen molar-refractivity contribution in [2.45, 2.75) is 31.8 Å². The van der Waals surface area contributed by atoms with Gasteiger partial charge in [-0.1, -0.05) is 29.8 Å². The molecule has 0 aromatic heterocycles. The first-order valence-electron chi connectivity index (χ1n) is 5.69. The summed E-state index contributed by atoms with van der Waals surface area (Å²) < 4.78 is 5.71. The smallest absolute Gasteiger partial charge is 0.0656 e. The molecule has 2 N–H and O–H groups in total. The molecule has 0 spiro atoms. The van der Waals surface area contributed by atoms with Gasteiger partial charge in [-0.25, -0.2) is 0 Å². The number of ether oxygens (including phenoxy) is 1. The van der Waals surface area contributed by atoms with E-state index in [9.17, 15) is 0 Å². The number of hydrogen-bond donors (Lipinski definition) is 1. The normalized spacial score (nSPS) is 22.9. The van der Waals surface area contributed by atoms with Crippen LogP contribution in [-0.2, 0) is 4.74 Å². The number of rotatable bonds is 3. The molecular formula is C13H19NO. The van der Waals surface area contributed by atoms with Crippen molar-refractivity contribution in [3.63, 3.8) is 0 Å². The van der Waals surface area contributed by atoms with Crippen LogP contribution in [0.4, 0.5) is 0 Å². The first kappa shape index (κ1) is 10.7. The lowest BCUT2D eigenvalue weighted by Crippen LogP contribution is -2.25.